The number of piperidine rings is 1. The molecule has 0 aromatic carbocycles. The lowest BCUT2D eigenvalue weighted by Gasteiger charge is -2.39. The predicted octanol–water partition coefficient (Wildman–Crippen LogP) is 2.92. The Balaban J connectivity index is 1.66. The molecule has 0 radical (unpaired) electrons. The minimum atomic E-state index is 0.0438. The second kappa shape index (κ2) is 7.26. The summed E-state index contributed by atoms with van der Waals surface area (Å²) in [6.45, 7) is 6.71. The Kier molecular flexibility index (Phi) is 5.66. The second-order valence-electron chi connectivity index (χ2n) is 6.47. The van der Waals surface area contributed by atoms with Crippen molar-refractivity contribution in [3.8, 4) is 6.07 Å². The highest BCUT2D eigenvalue weighted by Crippen LogP contribution is 2.46. The summed E-state index contributed by atoms with van der Waals surface area (Å²) < 4.78 is 0. The molecule has 19 heavy (non-hydrogen) atoms. The van der Waals surface area contributed by atoms with Crippen molar-refractivity contribution in [3.63, 3.8) is 0 Å². The van der Waals surface area contributed by atoms with Crippen LogP contribution in [0.2, 0.25) is 0 Å². The van der Waals surface area contributed by atoms with Crippen molar-refractivity contribution in [1.82, 2.24) is 10.2 Å². The Morgan fingerprint density at radius 1 is 1.21 bits per heavy atom. The Bertz CT molecular complexity index is 292. The smallest absolute Gasteiger partial charge is 0.0965 e. The van der Waals surface area contributed by atoms with E-state index < -0.39 is 0 Å². The first-order valence-corrected chi connectivity index (χ1v) is 8.13. The third-order valence-electron chi connectivity index (χ3n) is 5.11. The predicted molar refractivity (Wildman–Crippen MR) is 78.9 cm³/mol. The zero-order valence-corrected chi connectivity index (χ0v) is 12.5. The van der Waals surface area contributed by atoms with Crippen molar-refractivity contribution in [2.75, 3.05) is 26.2 Å². The van der Waals surface area contributed by atoms with Crippen LogP contribution in [0.1, 0.15) is 58.3 Å². The molecular weight excluding hydrogens is 234 g/mol. The topological polar surface area (TPSA) is 39.1 Å². The molecule has 1 spiro atoms. The summed E-state index contributed by atoms with van der Waals surface area (Å²) in [7, 11) is 0. The molecule has 1 saturated carbocycles. The maximum atomic E-state index is 9.12. The highest BCUT2D eigenvalue weighted by molar-refractivity contribution is 4.92. The van der Waals surface area contributed by atoms with Crippen molar-refractivity contribution >= 4 is 0 Å². The van der Waals surface area contributed by atoms with E-state index in [0.717, 1.165) is 25.9 Å². The average Bonchev–Trinajstić information content (AvgIpc) is 2.89. The van der Waals surface area contributed by atoms with Crippen LogP contribution < -0.4 is 5.32 Å². The SMILES string of the molecule is CCCNC(C#N)CCN1CCC2(CCCC2)CC1. The van der Waals surface area contributed by atoms with Crippen LogP contribution in [0.25, 0.3) is 0 Å². The van der Waals surface area contributed by atoms with Crippen molar-refractivity contribution in [2.24, 2.45) is 5.41 Å². The van der Waals surface area contributed by atoms with Crippen molar-refractivity contribution in [3.05, 3.63) is 0 Å². The molecule has 0 amide bonds. The molecule has 0 aromatic heterocycles. The molecule has 1 aliphatic carbocycles. The first-order chi connectivity index (χ1) is 9.28. The van der Waals surface area contributed by atoms with E-state index in [4.69, 9.17) is 5.26 Å². The van der Waals surface area contributed by atoms with Crippen LogP contribution in [-0.4, -0.2) is 37.1 Å². The van der Waals surface area contributed by atoms with Gasteiger partial charge in [0.1, 0.15) is 0 Å². The molecule has 1 unspecified atom stereocenters. The van der Waals surface area contributed by atoms with Crippen molar-refractivity contribution in [2.45, 2.75) is 64.3 Å². The Hall–Kier alpha value is -0.590. The lowest BCUT2D eigenvalue weighted by molar-refractivity contribution is 0.106. The fourth-order valence-corrected chi connectivity index (χ4v) is 3.72. The summed E-state index contributed by atoms with van der Waals surface area (Å²) in [6.07, 6.45) is 10.7. The van der Waals surface area contributed by atoms with Crippen LogP contribution in [0.5, 0.6) is 0 Å². The Labute approximate surface area is 118 Å². The molecule has 0 bridgehead atoms. The van der Waals surface area contributed by atoms with Crippen LogP contribution in [0.15, 0.2) is 0 Å². The van der Waals surface area contributed by atoms with Crippen molar-refractivity contribution in [1.29, 1.82) is 5.26 Å². The average molecular weight is 263 g/mol. The molecule has 1 aliphatic heterocycles. The maximum absolute atomic E-state index is 9.12. The normalized spacial score (nSPS) is 24.4. The molecule has 1 heterocycles. The highest BCUT2D eigenvalue weighted by atomic mass is 15.1. The number of rotatable bonds is 6. The number of likely N-dealkylation sites (tertiary alicyclic amines) is 1. The fourth-order valence-electron chi connectivity index (χ4n) is 3.72. The van der Waals surface area contributed by atoms with Gasteiger partial charge in [0.2, 0.25) is 0 Å². The Morgan fingerprint density at radius 3 is 2.47 bits per heavy atom. The summed E-state index contributed by atoms with van der Waals surface area (Å²) in [4.78, 5) is 2.57. The van der Waals surface area contributed by atoms with Gasteiger partial charge < -0.3 is 10.2 Å². The molecule has 3 nitrogen and oxygen atoms in total. The van der Waals surface area contributed by atoms with E-state index in [0.29, 0.717) is 5.41 Å². The van der Waals surface area contributed by atoms with E-state index in [1.165, 1.54) is 51.6 Å². The number of nitrogens with one attached hydrogen (secondary N) is 1. The van der Waals surface area contributed by atoms with E-state index in [9.17, 15) is 0 Å². The molecular formula is C16H29N3. The standard InChI is InChI=1S/C16H29N3/c1-2-10-18-15(14-17)5-11-19-12-8-16(9-13-19)6-3-4-7-16/h15,18H,2-13H2,1H3. The third kappa shape index (κ3) is 4.19. The number of hydrogen-bond donors (Lipinski definition) is 1. The summed E-state index contributed by atoms with van der Waals surface area (Å²) in [5.74, 6) is 0. The summed E-state index contributed by atoms with van der Waals surface area (Å²) >= 11 is 0. The number of nitrogens with zero attached hydrogens (tertiary/aromatic N) is 2. The van der Waals surface area contributed by atoms with E-state index in [1.807, 2.05) is 0 Å². The largest absolute Gasteiger partial charge is 0.303 e. The van der Waals surface area contributed by atoms with Crippen LogP contribution in [-0.2, 0) is 0 Å². The molecule has 2 rings (SSSR count). The monoisotopic (exact) mass is 263 g/mol. The second-order valence-corrected chi connectivity index (χ2v) is 6.47. The van der Waals surface area contributed by atoms with Crippen molar-refractivity contribution < 1.29 is 0 Å². The summed E-state index contributed by atoms with van der Waals surface area (Å²) in [5, 5.41) is 12.4. The van der Waals surface area contributed by atoms with Gasteiger partial charge in [-0.25, -0.2) is 0 Å². The number of hydrogen-bond acceptors (Lipinski definition) is 3. The summed E-state index contributed by atoms with van der Waals surface area (Å²) in [6, 6.07) is 2.43. The molecule has 108 valence electrons. The molecule has 0 aromatic rings. The van der Waals surface area contributed by atoms with Gasteiger partial charge in [-0.2, -0.15) is 5.26 Å². The maximum Gasteiger partial charge on any atom is 0.0965 e. The van der Waals surface area contributed by atoms with Crippen LogP contribution >= 0.6 is 0 Å². The number of nitriles is 1. The van der Waals surface area contributed by atoms with Gasteiger partial charge in [0.25, 0.3) is 0 Å². The molecule has 1 atom stereocenters. The lowest BCUT2D eigenvalue weighted by Crippen LogP contribution is -2.41. The molecule has 2 fully saturated rings. The summed E-state index contributed by atoms with van der Waals surface area (Å²) in [5.41, 5.74) is 0.714. The third-order valence-corrected chi connectivity index (χ3v) is 5.11. The van der Waals surface area contributed by atoms with Gasteiger partial charge >= 0.3 is 0 Å². The van der Waals surface area contributed by atoms with E-state index in [-0.39, 0.29) is 6.04 Å². The highest BCUT2D eigenvalue weighted by Gasteiger charge is 2.36. The molecule has 3 heteroatoms. The molecule has 2 aliphatic rings. The first kappa shape index (κ1) is 14.8. The van der Waals surface area contributed by atoms with Gasteiger partial charge in [0, 0.05) is 6.54 Å². The minimum absolute atomic E-state index is 0.0438. The van der Waals surface area contributed by atoms with Crippen LogP contribution in [0, 0.1) is 16.7 Å². The zero-order chi connectivity index (χ0) is 13.6. The van der Waals surface area contributed by atoms with E-state index in [1.54, 1.807) is 0 Å². The van der Waals surface area contributed by atoms with E-state index >= 15 is 0 Å². The quantitative estimate of drug-likeness (QED) is 0.801. The van der Waals surface area contributed by atoms with Crippen LogP contribution in [0.4, 0.5) is 0 Å². The lowest BCUT2D eigenvalue weighted by atomic mass is 9.77. The van der Waals surface area contributed by atoms with Gasteiger partial charge in [-0.05, 0) is 63.6 Å². The van der Waals surface area contributed by atoms with E-state index in [2.05, 4.69) is 23.2 Å². The van der Waals surface area contributed by atoms with Gasteiger partial charge in [0.05, 0.1) is 12.1 Å². The first-order valence-electron chi connectivity index (χ1n) is 8.13. The molecule has 1 saturated heterocycles. The minimum Gasteiger partial charge on any atom is -0.303 e. The fraction of sp³-hybridized carbons (Fsp3) is 0.938. The zero-order valence-electron chi connectivity index (χ0n) is 12.5. The van der Waals surface area contributed by atoms with Gasteiger partial charge in [-0.15, -0.1) is 0 Å². The Morgan fingerprint density at radius 2 is 1.89 bits per heavy atom. The van der Waals surface area contributed by atoms with Gasteiger partial charge in [0.15, 0.2) is 0 Å². The van der Waals surface area contributed by atoms with Crippen LogP contribution in [0.3, 0.4) is 0 Å². The molecule has 1 N–H and O–H groups in total. The van der Waals surface area contributed by atoms with Gasteiger partial charge in [-0.3, -0.25) is 0 Å². The van der Waals surface area contributed by atoms with Gasteiger partial charge in [-0.1, -0.05) is 19.8 Å².